The second-order valence-corrected chi connectivity index (χ2v) is 5.23. The normalized spacial score (nSPS) is 10.6. The van der Waals surface area contributed by atoms with Gasteiger partial charge in [0.15, 0.2) is 0 Å². The average molecular weight is 289 g/mol. The van der Waals surface area contributed by atoms with Crippen LogP contribution in [-0.4, -0.2) is 11.5 Å². The Hall–Kier alpha value is -1.54. The number of halogens is 1. The van der Waals surface area contributed by atoms with Crippen molar-refractivity contribution in [2.24, 2.45) is 0 Å². The zero-order valence-electron chi connectivity index (χ0n) is 12.1. The molecule has 106 valence electrons. The summed E-state index contributed by atoms with van der Waals surface area (Å²) >= 11 is 5.88. The van der Waals surface area contributed by atoms with Gasteiger partial charge in [-0.3, -0.25) is 0 Å². The van der Waals surface area contributed by atoms with Crippen LogP contribution in [0, 0.1) is 6.92 Å². The number of aromatic nitrogens is 1. The summed E-state index contributed by atoms with van der Waals surface area (Å²) in [5.74, 6) is 1.53. The lowest BCUT2D eigenvalue weighted by molar-refractivity contribution is 0.777. The molecule has 0 N–H and O–H groups in total. The van der Waals surface area contributed by atoms with E-state index in [9.17, 15) is 0 Å². The first kappa shape index (κ1) is 14.9. The van der Waals surface area contributed by atoms with E-state index in [0.29, 0.717) is 5.88 Å². The molecule has 0 atom stereocenters. The van der Waals surface area contributed by atoms with E-state index < -0.39 is 0 Å². The number of aryl methyl sites for hydroxylation is 1. The minimum Gasteiger partial charge on any atom is -0.326 e. The van der Waals surface area contributed by atoms with Crippen molar-refractivity contribution in [3.8, 4) is 0 Å². The standard InChI is InChI=1S/C17H21ClN2/c1-3-4-10-20(16-8-6-5-7-9-16)17-14(2)11-15(12-18)13-19-17/h5-9,11,13H,3-4,10,12H2,1-2H3. The second kappa shape index (κ2) is 7.30. The highest BCUT2D eigenvalue weighted by atomic mass is 35.5. The topological polar surface area (TPSA) is 16.1 Å². The maximum Gasteiger partial charge on any atom is 0.135 e. The molecule has 0 fully saturated rings. The smallest absolute Gasteiger partial charge is 0.135 e. The Bertz CT molecular complexity index is 540. The highest BCUT2D eigenvalue weighted by Crippen LogP contribution is 2.27. The predicted octanol–water partition coefficient (Wildman–Crippen LogP) is 5.07. The van der Waals surface area contributed by atoms with Crippen LogP contribution in [0.25, 0.3) is 0 Å². The summed E-state index contributed by atoms with van der Waals surface area (Å²) < 4.78 is 0. The molecule has 2 aromatic rings. The number of alkyl halides is 1. The average Bonchev–Trinajstić information content (AvgIpc) is 2.50. The maximum atomic E-state index is 5.88. The van der Waals surface area contributed by atoms with E-state index in [2.05, 4.69) is 54.1 Å². The molecule has 1 aromatic heterocycles. The molecule has 0 saturated carbocycles. The second-order valence-electron chi connectivity index (χ2n) is 4.96. The van der Waals surface area contributed by atoms with Crippen LogP contribution in [0.15, 0.2) is 42.6 Å². The summed E-state index contributed by atoms with van der Waals surface area (Å²) in [5, 5.41) is 0. The number of anilines is 2. The first-order valence-corrected chi connectivity index (χ1v) is 7.63. The molecule has 0 aliphatic rings. The summed E-state index contributed by atoms with van der Waals surface area (Å²) in [4.78, 5) is 6.91. The van der Waals surface area contributed by atoms with Crippen molar-refractivity contribution in [3.63, 3.8) is 0 Å². The van der Waals surface area contributed by atoms with Crippen molar-refractivity contribution in [3.05, 3.63) is 53.7 Å². The van der Waals surface area contributed by atoms with Crippen molar-refractivity contribution in [1.82, 2.24) is 4.98 Å². The number of hydrogen-bond donors (Lipinski definition) is 0. The van der Waals surface area contributed by atoms with Crippen molar-refractivity contribution in [2.75, 3.05) is 11.4 Å². The Morgan fingerprint density at radius 2 is 1.95 bits per heavy atom. The zero-order valence-corrected chi connectivity index (χ0v) is 12.9. The van der Waals surface area contributed by atoms with Crippen LogP contribution >= 0.6 is 11.6 Å². The third kappa shape index (κ3) is 3.51. The molecule has 3 heteroatoms. The summed E-state index contributed by atoms with van der Waals surface area (Å²) in [7, 11) is 0. The summed E-state index contributed by atoms with van der Waals surface area (Å²) in [6.45, 7) is 5.29. The van der Waals surface area contributed by atoms with E-state index in [1.807, 2.05) is 12.3 Å². The highest BCUT2D eigenvalue weighted by Gasteiger charge is 2.12. The molecule has 0 spiro atoms. The van der Waals surface area contributed by atoms with Gasteiger partial charge in [0.1, 0.15) is 5.82 Å². The molecule has 1 aromatic carbocycles. The summed E-state index contributed by atoms with van der Waals surface area (Å²) in [6, 6.07) is 12.6. The SMILES string of the molecule is CCCCN(c1ccccc1)c1ncc(CCl)cc1C. The molecule has 20 heavy (non-hydrogen) atoms. The number of hydrogen-bond acceptors (Lipinski definition) is 2. The number of benzene rings is 1. The van der Waals surface area contributed by atoms with Gasteiger partial charge >= 0.3 is 0 Å². The van der Waals surface area contributed by atoms with Crippen molar-refractivity contribution in [2.45, 2.75) is 32.6 Å². The molecule has 2 nitrogen and oxygen atoms in total. The quantitative estimate of drug-likeness (QED) is 0.690. The van der Waals surface area contributed by atoms with E-state index >= 15 is 0 Å². The number of nitrogens with zero attached hydrogens (tertiary/aromatic N) is 2. The number of para-hydroxylation sites is 1. The van der Waals surface area contributed by atoms with Gasteiger partial charge in [0.25, 0.3) is 0 Å². The minimum absolute atomic E-state index is 0.508. The van der Waals surface area contributed by atoms with E-state index in [-0.39, 0.29) is 0 Å². The molecular weight excluding hydrogens is 268 g/mol. The molecule has 2 rings (SSSR count). The van der Waals surface area contributed by atoms with Crippen LogP contribution in [-0.2, 0) is 5.88 Å². The van der Waals surface area contributed by atoms with E-state index in [1.165, 1.54) is 17.7 Å². The molecule has 0 radical (unpaired) electrons. The Balaban J connectivity index is 2.36. The van der Waals surface area contributed by atoms with Crippen LogP contribution in [0.3, 0.4) is 0 Å². The van der Waals surface area contributed by atoms with Gasteiger partial charge in [-0.05, 0) is 42.7 Å². The van der Waals surface area contributed by atoms with Crippen molar-refractivity contribution < 1.29 is 0 Å². The Morgan fingerprint density at radius 3 is 2.55 bits per heavy atom. The Labute approximate surface area is 126 Å². The molecule has 0 saturated heterocycles. The molecular formula is C17H21ClN2. The molecule has 0 aliphatic carbocycles. The number of pyridine rings is 1. The molecule has 0 bridgehead atoms. The first-order valence-electron chi connectivity index (χ1n) is 7.10. The van der Waals surface area contributed by atoms with Crippen molar-refractivity contribution in [1.29, 1.82) is 0 Å². The van der Waals surface area contributed by atoms with Crippen LogP contribution in [0.4, 0.5) is 11.5 Å². The Morgan fingerprint density at radius 1 is 1.20 bits per heavy atom. The van der Waals surface area contributed by atoms with E-state index in [1.54, 1.807) is 0 Å². The van der Waals surface area contributed by atoms with Gasteiger partial charge in [0, 0.05) is 24.3 Å². The fraction of sp³-hybridized carbons (Fsp3) is 0.353. The fourth-order valence-corrected chi connectivity index (χ4v) is 2.41. The predicted molar refractivity (Wildman–Crippen MR) is 86.9 cm³/mol. The number of rotatable bonds is 6. The van der Waals surface area contributed by atoms with Gasteiger partial charge in [-0.25, -0.2) is 4.98 Å². The molecule has 1 heterocycles. The maximum absolute atomic E-state index is 5.88. The van der Waals surface area contributed by atoms with Gasteiger partial charge in [0.05, 0.1) is 0 Å². The summed E-state index contributed by atoms with van der Waals surface area (Å²) in [6.07, 6.45) is 4.19. The van der Waals surface area contributed by atoms with Crippen LogP contribution in [0.1, 0.15) is 30.9 Å². The zero-order chi connectivity index (χ0) is 14.4. The minimum atomic E-state index is 0.508. The van der Waals surface area contributed by atoms with Gasteiger partial charge in [-0.2, -0.15) is 0 Å². The van der Waals surface area contributed by atoms with Gasteiger partial charge in [0.2, 0.25) is 0 Å². The van der Waals surface area contributed by atoms with E-state index in [4.69, 9.17) is 11.6 Å². The van der Waals surface area contributed by atoms with Gasteiger partial charge < -0.3 is 4.90 Å². The van der Waals surface area contributed by atoms with E-state index in [0.717, 1.165) is 24.3 Å². The largest absolute Gasteiger partial charge is 0.326 e. The van der Waals surface area contributed by atoms with Crippen molar-refractivity contribution >= 4 is 23.1 Å². The third-order valence-electron chi connectivity index (χ3n) is 3.32. The van der Waals surface area contributed by atoms with Crippen LogP contribution < -0.4 is 4.90 Å². The summed E-state index contributed by atoms with van der Waals surface area (Å²) in [5.41, 5.74) is 3.43. The fourth-order valence-electron chi connectivity index (χ4n) is 2.26. The molecule has 0 unspecified atom stereocenters. The third-order valence-corrected chi connectivity index (χ3v) is 3.63. The molecule has 0 aliphatic heterocycles. The lowest BCUT2D eigenvalue weighted by Gasteiger charge is -2.25. The van der Waals surface area contributed by atoms with Crippen LogP contribution in [0.2, 0.25) is 0 Å². The van der Waals surface area contributed by atoms with Gasteiger partial charge in [-0.1, -0.05) is 31.5 Å². The lowest BCUT2D eigenvalue weighted by atomic mass is 10.2. The Kier molecular flexibility index (Phi) is 5.42. The first-order chi connectivity index (χ1) is 9.76. The molecule has 0 amide bonds. The number of unbranched alkanes of at least 4 members (excludes halogenated alkanes) is 1. The monoisotopic (exact) mass is 288 g/mol. The van der Waals surface area contributed by atoms with Crippen LogP contribution in [0.5, 0.6) is 0 Å². The van der Waals surface area contributed by atoms with Gasteiger partial charge in [-0.15, -0.1) is 11.6 Å². The lowest BCUT2D eigenvalue weighted by Crippen LogP contribution is -2.20. The highest BCUT2D eigenvalue weighted by molar-refractivity contribution is 6.17.